The number of nitrogens with one attached hydrogen (secondary N) is 2. The Kier molecular flexibility index (Phi) is 6.56. The number of ether oxygens (including phenoxy) is 1. The van der Waals surface area contributed by atoms with Crippen LogP contribution in [0.4, 0.5) is 11.4 Å². The Labute approximate surface area is 175 Å². The first-order valence-electron chi connectivity index (χ1n) is 9.84. The second-order valence-electron chi connectivity index (χ2n) is 6.93. The molecular weight excluding hydrogens is 382 g/mol. The fourth-order valence-corrected chi connectivity index (χ4v) is 4.29. The summed E-state index contributed by atoms with van der Waals surface area (Å²) in [5.74, 6) is -0.0541. The highest BCUT2D eigenvalue weighted by atomic mass is 32.1. The van der Waals surface area contributed by atoms with Gasteiger partial charge in [0.15, 0.2) is 0 Å². The molecule has 1 aromatic heterocycles. The maximum Gasteiger partial charge on any atom is 0.238 e. The van der Waals surface area contributed by atoms with Crippen LogP contribution in [0.2, 0.25) is 0 Å². The van der Waals surface area contributed by atoms with Gasteiger partial charge in [0.1, 0.15) is 0 Å². The molecule has 6 heteroatoms. The number of anilines is 2. The summed E-state index contributed by atoms with van der Waals surface area (Å²) in [4.78, 5) is 16.0. The molecule has 0 spiro atoms. The number of carbonyl (C=O) groups is 1. The Bertz CT molecular complexity index is 892. The van der Waals surface area contributed by atoms with E-state index in [1.54, 1.807) is 11.3 Å². The quantitative estimate of drug-likeness (QED) is 0.624. The molecule has 1 amide bonds. The Balaban J connectivity index is 1.35. The van der Waals surface area contributed by atoms with E-state index >= 15 is 0 Å². The van der Waals surface area contributed by atoms with Gasteiger partial charge in [0.2, 0.25) is 5.91 Å². The highest BCUT2D eigenvalue weighted by Crippen LogP contribution is 2.25. The molecule has 0 radical (unpaired) electrons. The molecule has 150 valence electrons. The summed E-state index contributed by atoms with van der Waals surface area (Å²) in [6.45, 7) is 3.56. The van der Waals surface area contributed by atoms with Crippen LogP contribution in [0.1, 0.15) is 16.5 Å². The normalized spacial score (nSPS) is 15.1. The van der Waals surface area contributed by atoms with E-state index in [9.17, 15) is 4.79 Å². The number of thiophene rings is 1. The van der Waals surface area contributed by atoms with E-state index in [1.807, 2.05) is 48.5 Å². The lowest BCUT2D eigenvalue weighted by Crippen LogP contribution is -2.36. The topological polar surface area (TPSA) is 53.6 Å². The standard InChI is InChI=1S/C23H25N3O2S/c27-22(25-19-8-10-20(11-9-19)26-12-14-28-15-13-26)17-24-23(21-7-4-16-29-21)18-5-2-1-3-6-18/h1-11,16,23-24H,12-15,17H2,(H,25,27). The van der Waals surface area contributed by atoms with Crippen molar-refractivity contribution in [2.75, 3.05) is 43.1 Å². The van der Waals surface area contributed by atoms with Gasteiger partial charge in [0, 0.05) is 29.3 Å². The van der Waals surface area contributed by atoms with E-state index in [0.717, 1.165) is 43.2 Å². The predicted molar refractivity (Wildman–Crippen MR) is 119 cm³/mol. The molecular formula is C23H25N3O2S. The molecule has 4 rings (SSSR count). The van der Waals surface area contributed by atoms with Crippen molar-refractivity contribution in [1.29, 1.82) is 0 Å². The van der Waals surface area contributed by atoms with E-state index in [4.69, 9.17) is 4.74 Å². The molecule has 0 bridgehead atoms. The molecule has 0 saturated carbocycles. The van der Waals surface area contributed by atoms with Crippen molar-refractivity contribution in [3.05, 3.63) is 82.6 Å². The smallest absolute Gasteiger partial charge is 0.238 e. The fourth-order valence-electron chi connectivity index (χ4n) is 3.46. The Morgan fingerprint density at radius 3 is 2.45 bits per heavy atom. The van der Waals surface area contributed by atoms with Crippen molar-refractivity contribution >= 4 is 28.6 Å². The summed E-state index contributed by atoms with van der Waals surface area (Å²) in [5.41, 5.74) is 3.12. The van der Waals surface area contributed by atoms with Crippen LogP contribution in [0.3, 0.4) is 0 Å². The number of benzene rings is 2. The third-order valence-electron chi connectivity index (χ3n) is 4.95. The number of morpholine rings is 1. The van der Waals surface area contributed by atoms with Gasteiger partial charge in [-0.25, -0.2) is 0 Å². The lowest BCUT2D eigenvalue weighted by atomic mass is 10.1. The van der Waals surface area contributed by atoms with Crippen molar-refractivity contribution in [2.24, 2.45) is 0 Å². The van der Waals surface area contributed by atoms with E-state index in [0.29, 0.717) is 0 Å². The molecule has 2 aromatic carbocycles. The third-order valence-corrected chi connectivity index (χ3v) is 5.89. The molecule has 0 aliphatic carbocycles. The molecule has 29 heavy (non-hydrogen) atoms. The number of hydrogen-bond acceptors (Lipinski definition) is 5. The first-order valence-corrected chi connectivity index (χ1v) is 10.7. The highest BCUT2D eigenvalue weighted by molar-refractivity contribution is 7.10. The van der Waals surface area contributed by atoms with Crippen LogP contribution in [0, 0.1) is 0 Å². The molecule has 1 saturated heterocycles. The average molecular weight is 408 g/mol. The molecule has 2 heterocycles. The first-order chi connectivity index (χ1) is 14.3. The monoisotopic (exact) mass is 407 g/mol. The minimum atomic E-state index is -0.0541. The van der Waals surface area contributed by atoms with Crippen LogP contribution >= 0.6 is 11.3 Å². The van der Waals surface area contributed by atoms with Crippen molar-refractivity contribution in [1.82, 2.24) is 5.32 Å². The van der Waals surface area contributed by atoms with Gasteiger partial charge in [-0.05, 0) is 41.3 Å². The second-order valence-corrected chi connectivity index (χ2v) is 7.91. The average Bonchev–Trinajstić information content (AvgIpc) is 3.30. The summed E-state index contributed by atoms with van der Waals surface area (Å²) >= 11 is 1.69. The van der Waals surface area contributed by atoms with Gasteiger partial charge < -0.3 is 15.0 Å². The zero-order chi connectivity index (χ0) is 19.9. The SMILES string of the molecule is O=C(CNC(c1ccccc1)c1cccs1)Nc1ccc(N2CCOCC2)cc1. The van der Waals surface area contributed by atoms with Crippen LogP contribution in [-0.2, 0) is 9.53 Å². The van der Waals surface area contributed by atoms with E-state index < -0.39 is 0 Å². The number of rotatable bonds is 7. The Morgan fingerprint density at radius 2 is 1.76 bits per heavy atom. The number of carbonyl (C=O) groups excluding carboxylic acids is 1. The van der Waals surface area contributed by atoms with Crippen molar-refractivity contribution in [2.45, 2.75) is 6.04 Å². The maximum atomic E-state index is 12.5. The Hall–Kier alpha value is -2.67. The van der Waals surface area contributed by atoms with Gasteiger partial charge in [0.05, 0.1) is 25.8 Å². The highest BCUT2D eigenvalue weighted by Gasteiger charge is 2.16. The summed E-state index contributed by atoms with van der Waals surface area (Å²) in [5, 5.41) is 8.44. The minimum absolute atomic E-state index is 0.00523. The van der Waals surface area contributed by atoms with Crippen LogP contribution in [0.15, 0.2) is 72.1 Å². The summed E-state index contributed by atoms with van der Waals surface area (Å²) in [6, 6.07) is 22.4. The molecule has 1 aliphatic rings. The van der Waals surface area contributed by atoms with Gasteiger partial charge in [0.25, 0.3) is 0 Å². The van der Waals surface area contributed by atoms with Gasteiger partial charge >= 0.3 is 0 Å². The van der Waals surface area contributed by atoms with E-state index in [2.05, 4.69) is 39.1 Å². The predicted octanol–water partition coefficient (Wildman–Crippen LogP) is 3.90. The fraction of sp³-hybridized carbons (Fsp3) is 0.261. The number of hydrogen-bond donors (Lipinski definition) is 2. The van der Waals surface area contributed by atoms with Gasteiger partial charge in [-0.15, -0.1) is 11.3 Å². The molecule has 1 unspecified atom stereocenters. The largest absolute Gasteiger partial charge is 0.378 e. The Morgan fingerprint density at radius 1 is 1.00 bits per heavy atom. The van der Waals surface area contributed by atoms with Crippen LogP contribution in [0.5, 0.6) is 0 Å². The van der Waals surface area contributed by atoms with Crippen LogP contribution < -0.4 is 15.5 Å². The van der Waals surface area contributed by atoms with Gasteiger partial charge in [-0.1, -0.05) is 36.4 Å². The summed E-state index contributed by atoms with van der Waals surface area (Å²) in [6.07, 6.45) is 0. The van der Waals surface area contributed by atoms with Crippen LogP contribution in [0.25, 0.3) is 0 Å². The minimum Gasteiger partial charge on any atom is -0.378 e. The lowest BCUT2D eigenvalue weighted by molar-refractivity contribution is -0.115. The van der Waals surface area contributed by atoms with Crippen LogP contribution in [-0.4, -0.2) is 38.8 Å². The lowest BCUT2D eigenvalue weighted by Gasteiger charge is -2.28. The number of nitrogens with zero attached hydrogens (tertiary/aromatic N) is 1. The van der Waals surface area contributed by atoms with Crippen molar-refractivity contribution in [3.8, 4) is 0 Å². The zero-order valence-electron chi connectivity index (χ0n) is 16.2. The second kappa shape index (κ2) is 9.69. The van der Waals surface area contributed by atoms with E-state index in [1.165, 1.54) is 4.88 Å². The molecule has 3 aromatic rings. The maximum absolute atomic E-state index is 12.5. The molecule has 1 fully saturated rings. The zero-order valence-corrected chi connectivity index (χ0v) is 17.0. The van der Waals surface area contributed by atoms with Crippen molar-refractivity contribution in [3.63, 3.8) is 0 Å². The number of amides is 1. The third kappa shape index (κ3) is 5.23. The summed E-state index contributed by atoms with van der Waals surface area (Å²) in [7, 11) is 0. The van der Waals surface area contributed by atoms with Gasteiger partial charge in [-0.3, -0.25) is 10.1 Å². The summed E-state index contributed by atoms with van der Waals surface area (Å²) < 4.78 is 5.40. The van der Waals surface area contributed by atoms with Crippen molar-refractivity contribution < 1.29 is 9.53 Å². The molecule has 1 atom stereocenters. The van der Waals surface area contributed by atoms with E-state index in [-0.39, 0.29) is 18.5 Å². The first kappa shape index (κ1) is 19.6. The molecule has 1 aliphatic heterocycles. The molecule has 5 nitrogen and oxygen atoms in total. The molecule has 2 N–H and O–H groups in total. The van der Waals surface area contributed by atoms with Gasteiger partial charge in [-0.2, -0.15) is 0 Å².